The number of nitro groups is 1. The number of ether oxygens (including phenoxy) is 1. The van der Waals surface area contributed by atoms with E-state index in [9.17, 15) is 14.9 Å². The molecule has 0 saturated carbocycles. The van der Waals surface area contributed by atoms with Crippen LogP contribution in [-0.2, 0) is 16.1 Å². The number of esters is 1. The molecule has 0 aliphatic heterocycles. The molecule has 2 rings (SSSR count). The number of nitrogens with zero attached hydrogens (tertiary/aromatic N) is 3. The number of carbonyl (C=O) groups is 1. The normalized spacial score (nSPS) is 11.6. The Morgan fingerprint density at radius 3 is 2.80 bits per heavy atom. The minimum absolute atomic E-state index is 0.00451. The molecule has 0 spiro atoms. The lowest BCUT2D eigenvalue weighted by Crippen LogP contribution is -2.31. The minimum atomic E-state index is -0.766. The second-order valence-electron chi connectivity index (χ2n) is 5.18. The van der Waals surface area contributed by atoms with E-state index in [2.05, 4.69) is 5.10 Å². The van der Waals surface area contributed by atoms with Crippen LogP contribution in [0.2, 0.25) is 0 Å². The van der Waals surface area contributed by atoms with Gasteiger partial charge >= 0.3 is 5.97 Å². The predicted molar refractivity (Wildman–Crippen MR) is 72.2 cm³/mol. The van der Waals surface area contributed by atoms with Crippen molar-refractivity contribution in [2.24, 2.45) is 5.41 Å². The van der Waals surface area contributed by atoms with Crippen molar-refractivity contribution in [2.75, 3.05) is 7.11 Å². The van der Waals surface area contributed by atoms with E-state index < -0.39 is 10.3 Å². The zero-order valence-corrected chi connectivity index (χ0v) is 11.5. The second kappa shape index (κ2) is 4.92. The van der Waals surface area contributed by atoms with Crippen molar-refractivity contribution in [3.05, 3.63) is 34.5 Å². The van der Waals surface area contributed by atoms with Crippen molar-refractivity contribution in [3.63, 3.8) is 0 Å². The van der Waals surface area contributed by atoms with Crippen LogP contribution in [0.5, 0.6) is 0 Å². The fraction of sp³-hybridized carbons (Fsp3) is 0.385. The van der Waals surface area contributed by atoms with Crippen LogP contribution in [0.15, 0.2) is 24.4 Å². The van der Waals surface area contributed by atoms with Crippen LogP contribution in [0.25, 0.3) is 10.9 Å². The molecule has 1 aromatic carbocycles. The van der Waals surface area contributed by atoms with Crippen molar-refractivity contribution in [2.45, 2.75) is 20.4 Å². The van der Waals surface area contributed by atoms with Crippen LogP contribution in [0.1, 0.15) is 13.8 Å². The third-order valence-electron chi connectivity index (χ3n) is 3.12. The molecular weight excluding hydrogens is 262 g/mol. The quantitative estimate of drug-likeness (QED) is 0.485. The molecule has 0 atom stereocenters. The number of non-ortho nitro benzene ring substituents is 1. The van der Waals surface area contributed by atoms with Crippen molar-refractivity contribution in [1.29, 1.82) is 0 Å². The summed E-state index contributed by atoms with van der Waals surface area (Å²) in [6, 6.07) is 4.53. The average Bonchev–Trinajstić information content (AvgIpc) is 2.79. The zero-order valence-electron chi connectivity index (χ0n) is 11.5. The molecule has 0 aliphatic carbocycles. The van der Waals surface area contributed by atoms with E-state index in [0.29, 0.717) is 5.52 Å². The molecule has 106 valence electrons. The van der Waals surface area contributed by atoms with Crippen LogP contribution in [0.4, 0.5) is 5.69 Å². The lowest BCUT2D eigenvalue weighted by Gasteiger charge is -2.21. The summed E-state index contributed by atoms with van der Waals surface area (Å²) in [4.78, 5) is 22.1. The van der Waals surface area contributed by atoms with Crippen LogP contribution in [-0.4, -0.2) is 27.8 Å². The molecule has 0 N–H and O–H groups in total. The maximum atomic E-state index is 11.7. The summed E-state index contributed by atoms with van der Waals surface area (Å²) in [7, 11) is 1.33. The van der Waals surface area contributed by atoms with E-state index in [0.717, 1.165) is 5.39 Å². The number of aromatic nitrogens is 2. The van der Waals surface area contributed by atoms with E-state index >= 15 is 0 Å². The molecule has 0 amide bonds. The Morgan fingerprint density at radius 2 is 2.20 bits per heavy atom. The fourth-order valence-corrected chi connectivity index (χ4v) is 2.01. The summed E-state index contributed by atoms with van der Waals surface area (Å²) in [5.74, 6) is -0.355. The monoisotopic (exact) mass is 277 g/mol. The molecular formula is C13H15N3O4. The molecule has 1 heterocycles. The molecule has 7 heteroatoms. The van der Waals surface area contributed by atoms with Gasteiger partial charge in [0.05, 0.1) is 35.7 Å². The topological polar surface area (TPSA) is 87.3 Å². The third-order valence-corrected chi connectivity index (χ3v) is 3.12. The molecule has 0 radical (unpaired) electrons. The Hall–Kier alpha value is -2.44. The fourth-order valence-electron chi connectivity index (χ4n) is 2.01. The Labute approximate surface area is 115 Å². The van der Waals surface area contributed by atoms with E-state index in [1.165, 1.54) is 19.2 Å². The smallest absolute Gasteiger partial charge is 0.313 e. The highest BCUT2D eigenvalue weighted by Gasteiger charge is 2.30. The molecule has 20 heavy (non-hydrogen) atoms. The van der Waals surface area contributed by atoms with Crippen LogP contribution in [0, 0.1) is 15.5 Å². The van der Waals surface area contributed by atoms with Crippen LogP contribution >= 0.6 is 0 Å². The summed E-state index contributed by atoms with van der Waals surface area (Å²) in [6.07, 6.45) is 1.62. The molecule has 0 aliphatic rings. The van der Waals surface area contributed by atoms with Crippen LogP contribution < -0.4 is 0 Å². The molecule has 0 unspecified atom stereocenters. The van der Waals surface area contributed by atoms with Gasteiger partial charge in [-0.1, -0.05) is 0 Å². The summed E-state index contributed by atoms with van der Waals surface area (Å²) < 4.78 is 6.33. The predicted octanol–water partition coefficient (Wildman–Crippen LogP) is 2.14. The molecule has 1 aromatic heterocycles. The molecule has 0 saturated heterocycles. The first-order valence-corrected chi connectivity index (χ1v) is 6.03. The lowest BCUT2D eigenvalue weighted by molar-refractivity contribution is -0.384. The number of benzene rings is 1. The average molecular weight is 277 g/mol. The Kier molecular flexibility index (Phi) is 3.44. The molecule has 0 fully saturated rings. The number of carbonyl (C=O) groups excluding carboxylic acids is 1. The highest BCUT2D eigenvalue weighted by Crippen LogP contribution is 2.25. The van der Waals surface area contributed by atoms with Crippen molar-refractivity contribution >= 4 is 22.6 Å². The second-order valence-corrected chi connectivity index (χ2v) is 5.18. The number of hydrogen-bond acceptors (Lipinski definition) is 5. The van der Waals surface area contributed by atoms with E-state index in [1.807, 2.05) is 0 Å². The van der Waals surface area contributed by atoms with Gasteiger partial charge in [-0.05, 0) is 19.9 Å². The van der Waals surface area contributed by atoms with Crippen molar-refractivity contribution in [3.8, 4) is 0 Å². The van der Waals surface area contributed by atoms with Gasteiger partial charge in [-0.3, -0.25) is 19.6 Å². The summed E-state index contributed by atoms with van der Waals surface area (Å²) >= 11 is 0. The Balaban J connectivity index is 2.42. The summed E-state index contributed by atoms with van der Waals surface area (Å²) in [5.41, 5.74) is -0.149. The number of nitro benzene ring substituents is 1. The van der Waals surface area contributed by atoms with Gasteiger partial charge < -0.3 is 4.74 Å². The van der Waals surface area contributed by atoms with Gasteiger partial charge in [0.25, 0.3) is 5.69 Å². The summed E-state index contributed by atoms with van der Waals surface area (Å²) in [6.45, 7) is 3.76. The van der Waals surface area contributed by atoms with Gasteiger partial charge in [-0.15, -0.1) is 0 Å². The van der Waals surface area contributed by atoms with E-state index in [-0.39, 0.29) is 18.2 Å². The number of fused-ring (bicyclic) bond motifs is 1. The van der Waals surface area contributed by atoms with Gasteiger partial charge in [0.15, 0.2) is 0 Å². The van der Waals surface area contributed by atoms with Crippen molar-refractivity contribution < 1.29 is 14.5 Å². The first-order chi connectivity index (χ1) is 9.35. The maximum Gasteiger partial charge on any atom is 0.313 e. The highest BCUT2D eigenvalue weighted by molar-refractivity contribution is 5.81. The zero-order chi connectivity index (χ0) is 14.9. The molecule has 7 nitrogen and oxygen atoms in total. The van der Waals surface area contributed by atoms with E-state index in [4.69, 9.17) is 4.74 Å². The number of rotatable bonds is 4. The van der Waals surface area contributed by atoms with Gasteiger partial charge in [0.1, 0.15) is 0 Å². The highest BCUT2D eigenvalue weighted by atomic mass is 16.6. The SMILES string of the molecule is COC(=O)C(C)(C)Cn1ncc2ccc([N+](=O)[O-])cc21. The lowest BCUT2D eigenvalue weighted by atomic mass is 9.94. The van der Waals surface area contributed by atoms with Gasteiger partial charge in [-0.25, -0.2) is 0 Å². The first-order valence-electron chi connectivity index (χ1n) is 6.03. The number of methoxy groups -OCH3 is 1. The van der Waals surface area contributed by atoms with Crippen molar-refractivity contribution in [1.82, 2.24) is 9.78 Å². The summed E-state index contributed by atoms with van der Waals surface area (Å²) in [5, 5.41) is 15.8. The standard InChI is InChI=1S/C13H15N3O4/c1-13(2,12(17)20-3)8-15-11-6-10(16(18)19)5-4-9(11)7-14-15/h4-7H,8H2,1-3H3. The third kappa shape index (κ3) is 2.47. The largest absolute Gasteiger partial charge is 0.469 e. The maximum absolute atomic E-state index is 11.7. The van der Waals surface area contributed by atoms with Gasteiger partial charge in [0.2, 0.25) is 0 Å². The van der Waals surface area contributed by atoms with Gasteiger partial charge in [-0.2, -0.15) is 5.10 Å². The van der Waals surface area contributed by atoms with Gasteiger partial charge in [0, 0.05) is 17.5 Å². The number of hydrogen-bond donors (Lipinski definition) is 0. The van der Waals surface area contributed by atoms with Crippen LogP contribution in [0.3, 0.4) is 0 Å². The molecule has 2 aromatic rings. The Bertz CT molecular complexity index is 675. The Morgan fingerprint density at radius 1 is 1.50 bits per heavy atom. The minimum Gasteiger partial charge on any atom is -0.469 e. The van der Waals surface area contributed by atoms with E-state index in [1.54, 1.807) is 30.8 Å². The molecule has 0 bridgehead atoms. The first kappa shape index (κ1) is 14.0.